The van der Waals surface area contributed by atoms with Crippen molar-refractivity contribution >= 4 is 18.0 Å². The van der Waals surface area contributed by atoms with Crippen LogP contribution in [0.3, 0.4) is 0 Å². The summed E-state index contributed by atoms with van der Waals surface area (Å²) in [5, 5.41) is 11.6. The molecule has 4 rings (SSSR count). The molecular formula is C24H26N2O5. The molecule has 2 aromatic carbocycles. The second-order valence-electron chi connectivity index (χ2n) is 8.01. The lowest BCUT2D eigenvalue weighted by Crippen LogP contribution is -2.48. The maximum Gasteiger partial charge on any atom is 0.407 e. The zero-order chi connectivity index (χ0) is 21.8. The van der Waals surface area contributed by atoms with Crippen molar-refractivity contribution in [3.63, 3.8) is 0 Å². The summed E-state index contributed by atoms with van der Waals surface area (Å²) in [6.07, 6.45) is 1.69. The van der Waals surface area contributed by atoms with Crippen LogP contribution in [0.15, 0.2) is 48.5 Å². The first-order valence-electron chi connectivity index (χ1n) is 10.6. The fourth-order valence-electron chi connectivity index (χ4n) is 4.64. The molecule has 1 atom stereocenters. The Labute approximate surface area is 181 Å². The number of benzene rings is 2. The molecule has 0 radical (unpaired) electrons. The van der Waals surface area contributed by atoms with Crippen molar-refractivity contribution in [3.05, 3.63) is 59.7 Å². The van der Waals surface area contributed by atoms with Gasteiger partial charge in [-0.1, -0.05) is 48.5 Å². The predicted octanol–water partition coefficient (Wildman–Crippen LogP) is 3.38. The van der Waals surface area contributed by atoms with Gasteiger partial charge in [0.1, 0.15) is 13.2 Å². The van der Waals surface area contributed by atoms with Crippen LogP contribution in [-0.2, 0) is 14.3 Å². The van der Waals surface area contributed by atoms with Crippen molar-refractivity contribution in [3.8, 4) is 11.1 Å². The number of amides is 2. The number of alkyl carbamates (subject to hydrolysis) is 1. The van der Waals surface area contributed by atoms with E-state index in [4.69, 9.17) is 9.84 Å². The van der Waals surface area contributed by atoms with Crippen molar-refractivity contribution in [2.45, 2.75) is 37.6 Å². The molecule has 1 fully saturated rings. The Balaban J connectivity index is 1.33. The van der Waals surface area contributed by atoms with Gasteiger partial charge in [0.05, 0.1) is 6.42 Å². The molecule has 1 aliphatic carbocycles. The number of piperidine rings is 1. The monoisotopic (exact) mass is 422 g/mol. The van der Waals surface area contributed by atoms with Crippen molar-refractivity contribution in [2.24, 2.45) is 0 Å². The van der Waals surface area contributed by atoms with Gasteiger partial charge in [0, 0.05) is 18.5 Å². The van der Waals surface area contributed by atoms with Gasteiger partial charge in [-0.15, -0.1) is 0 Å². The van der Waals surface area contributed by atoms with Crippen LogP contribution in [0.25, 0.3) is 11.1 Å². The van der Waals surface area contributed by atoms with Gasteiger partial charge in [-0.25, -0.2) is 4.79 Å². The quantitative estimate of drug-likeness (QED) is 0.744. The lowest BCUT2D eigenvalue weighted by molar-refractivity contribution is -0.141. The minimum absolute atomic E-state index is 0.0455. The highest BCUT2D eigenvalue weighted by Crippen LogP contribution is 2.44. The van der Waals surface area contributed by atoms with Gasteiger partial charge < -0.3 is 20.1 Å². The van der Waals surface area contributed by atoms with Gasteiger partial charge in [-0.05, 0) is 41.5 Å². The number of likely N-dealkylation sites (tertiary alicyclic amines) is 1. The van der Waals surface area contributed by atoms with E-state index in [-0.39, 0.29) is 37.4 Å². The van der Waals surface area contributed by atoms with Crippen LogP contribution in [0.2, 0.25) is 0 Å². The summed E-state index contributed by atoms with van der Waals surface area (Å²) in [4.78, 5) is 37.4. The third kappa shape index (κ3) is 4.55. The fraction of sp³-hybridized carbons (Fsp3) is 0.375. The van der Waals surface area contributed by atoms with Gasteiger partial charge >= 0.3 is 12.1 Å². The first-order chi connectivity index (χ1) is 15.0. The summed E-state index contributed by atoms with van der Waals surface area (Å²) < 4.78 is 5.45. The van der Waals surface area contributed by atoms with Crippen molar-refractivity contribution in [2.75, 3.05) is 19.7 Å². The van der Waals surface area contributed by atoms with Gasteiger partial charge in [0.15, 0.2) is 0 Å². The molecule has 0 unspecified atom stereocenters. The highest BCUT2D eigenvalue weighted by atomic mass is 16.5. The normalized spacial score (nSPS) is 17.5. The molecule has 2 aliphatic rings. The zero-order valence-electron chi connectivity index (χ0n) is 17.3. The van der Waals surface area contributed by atoms with Gasteiger partial charge in [0.25, 0.3) is 0 Å². The largest absolute Gasteiger partial charge is 0.481 e. The molecule has 0 saturated carbocycles. The van der Waals surface area contributed by atoms with Crippen LogP contribution in [0.5, 0.6) is 0 Å². The van der Waals surface area contributed by atoms with Crippen LogP contribution < -0.4 is 5.32 Å². The SMILES string of the molecule is O=C(O)C[C@@H]1CCCCN1C(=O)CNC(=O)OCC1c2ccccc2-c2ccccc21. The number of carbonyl (C=O) groups excluding carboxylic acids is 2. The Kier molecular flexibility index (Phi) is 6.21. The number of nitrogens with one attached hydrogen (secondary N) is 1. The highest BCUT2D eigenvalue weighted by molar-refractivity contribution is 5.83. The van der Waals surface area contributed by atoms with E-state index < -0.39 is 12.1 Å². The topological polar surface area (TPSA) is 95.9 Å². The second kappa shape index (κ2) is 9.20. The van der Waals surface area contributed by atoms with Gasteiger partial charge in [0.2, 0.25) is 5.91 Å². The Hall–Kier alpha value is -3.35. The first-order valence-corrected chi connectivity index (χ1v) is 10.6. The zero-order valence-corrected chi connectivity index (χ0v) is 17.3. The highest BCUT2D eigenvalue weighted by Gasteiger charge is 2.30. The Morgan fingerprint density at radius 1 is 1.00 bits per heavy atom. The Bertz CT molecular complexity index is 944. The van der Waals surface area contributed by atoms with Crippen molar-refractivity contribution in [1.82, 2.24) is 10.2 Å². The van der Waals surface area contributed by atoms with Crippen LogP contribution in [-0.4, -0.2) is 53.7 Å². The van der Waals surface area contributed by atoms with Crippen molar-refractivity contribution in [1.29, 1.82) is 0 Å². The average molecular weight is 422 g/mol. The molecule has 1 heterocycles. The lowest BCUT2D eigenvalue weighted by Gasteiger charge is -2.35. The molecule has 2 N–H and O–H groups in total. The summed E-state index contributed by atoms with van der Waals surface area (Å²) in [6, 6.07) is 15.9. The summed E-state index contributed by atoms with van der Waals surface area (Å²) >= 11 is 0. The van der Waals surface area contributed by atoms with Crippen LogP contribution >= 0.6 is 0 Å². The standard InChI is InChI=1S/C24H26N2O5/c27-22(26-12-6-5-7-16(26)13-23(28)29)14-25-24(30)31-15-21-19-10-3-1-8-17(19)18-9-2-4-11-20(18)21/h1-4,8-11,16,21H,5-7,12-15H2,(H,25,30)(H,28,29)/t16-/m0/s1. The number of nitrogens with zero attached hydrogens (tertiary/aromatic N) is 1. The van der Waals surface area contributed by atoms with E-state index in [1.807, 2.05) is 36.4 Å². The minimum atomic E-state index is -0.922. The number of carboxylic acid groups (broad SMARTS) is 1. The molecule has 7 nitrogen and oxygen atoms in total. The molecule has 2 aromatic rings. The number of hydrogen-bond donors (Lipinski definition) is 2. The summed E-state index contributed by atoms with van der Waals surface area (Å²) in [7, 11) is 0. The molecule has 31 heavy (non-hydrogen) atoms. The number of ether oxygens (including phenoxy) is 1. The summed E-state index contributed by atoms with van der Waals surface area (Å²) in [6.45, 7) is 0.495. The fourth-order valence-corrected chi connectivity index (χ4v) is 4.64. The molecule has 0 spiro atoms. The summed E-state index contributed by atoms with van der Waals surface area (Å²) in [5.74, 6) is -1.25. The smallest absolute Gasteiger partial charge is 0.407 e. The van der Waals surface area contributed by atoms with Crippen LogP contribution in [0.4, 0.5) is 4.79 Å². The predicted molar refractivity (Wildman–Crippen MR) is 115 cm³/mol. The molecule has 1 aliphatic heterocycles. The van der Waals surface area contributed by atoms with Gasteiger partial charge in [-0.3, -0.25) is 9.59 Å². The van der Waals surface area contributed by atoms with Crippen molar-refractivity contribution < 1.29 is 24.2 Å². The third-order valence-corrected chi connectivity index (χ3v) is 6.09. The van der Waals surface area contributed by atoms with Gasteiger partial charge in [-0.2, -0.15) is 0 Å². The van der Waals surface area contributed by atoms with Crippen LogP contribution in [0.1, 0.15) is 42.7 Å². The number of carbonyl (C=O) groups is 3. The maximum absolute atomic E-state index is 12.5. The molecule has 162 valence electrons. The molecule has 0 aromatic heterocycles. The first kappa shape index (κ1) is 20.9. The number of carboxylic acids is 1. The Morgan fingerprint density at radius 2 is 1.65 bits per heavy atom. The number of rotatable bonds is 6. The molecule has 7 heteroatoms. The van der Waals surface area contributed by atoms with E-state index in [1.54, 1.807) is 4.90 Å². The molecule has 1 saturated heterocycles. The second-order valence-corrected chi connectivity index (χ2v) is 8.01. The minimum Gasteiger partial charge on any atom is -0.481 e. The van der Waals surface area contributed by atoms with E-state index in [2.05, 4.69) is 17.4 Å². The molecule has 2 amide bonds. The van der Waals surface area contributed by atoms with Crippen LogP contribution in [0, 0.1) is 0 Å². The van der Waals surface area contributed by atoms with E-state index in [1.165, 1.54) is 0 Å². The van der Waals surface area contributed by atoms with E-state index >= 15 is 0 Å². The van der Waals surface area contributed by atoms with E-state index in [0.717, 1.165) is 35.1 Å². The lowest BCUT2D eigenvalue weighted by atomic mass is 9.98. The third-order valence-electron chi connectivity index (χ3n) is 6.09. The molecular weight excluding hydrogens is 396 g/mol. The molecule has 0 bridgehead atoms. The van der Waals surface area contributed by atoms with E-state index in [9.17, 15) is 14.4 Å². The Morgan fingerprint density at radius 3 is 2.29 bits per heavy atom. The summed E-state index contributed by atoms with van der Waals surface area (Å²) in [5.41, 5.74) is 4.54. The van der Waals surface area contributed by atoms with E-state index in [0.29, 0.717) is 13.0 Å². The number of aliphatic carboxylic acids is 1. The number of fused-ring (bicyclic) bond motifs is 3. The maximum atomic E-state index is 12.5. The average Bonchev–Trinajstić information content (AvgIpc) is 3.10. The number of hydrogen-bond acceptors (Lipinski definition) is 4.